The fourth-order valence-electron chi connectivity index (χ4n) is 2.68. The van der Waals surface area contributed by atoms with Crippen LogP contribution in [0.25, 0.3) is 0 Å². The summed E-state index contributed by atoms with van der Waals surface area (Å²) in [5, 5.41) is 15.7. The third-order valence-electron chi connectivity index (χ3n) is 4.14. The lowest BCUT2D eigenvalue weighted by molar-refractivity contribution is -0.120. The van der Waals surface area contributed by atoms with E-state index in [0.29, 0.717) is 25.1 Å². The minimum atomic E-state index is -0.544. The highest BCUT2D eigenvalue weighted by Crippen LogP contribution is 2.26. The van der Waals surface area contributed by atoms with Crippen LogP contribution in [0.4, 0.5) is 0 Å². The Kier molecular flexibility index (Phi) is 6.26. The van der Waals surface area contributed by atoms with Crippen molar-refractivity contribution < 1.29 is 14.6 Å². The van der Waals surface area contributed by atoms with Crippen LogP contribution >= 0.6 is 0 Å². The van der Waals surface area contributed by atoms with E-state index in [1.165, 1.54) is 19.3 Å². The second kappa shape index (κ2) is 7.96. The van der Waals surface area contributed by atoms with Gasteiger partial charge in [-0.1, -0.05) is 19.8 Å². The molecular formula is C15H28N2O3. The van der Waals surface area contributed by atoms with E-state index in [-0.39, 0.29) is 18.6 Å². The Balaban J connectivity index is 1.50. The van der Waals surface area contributed by atoms with E-state index in [0.717, 1.165) is 19.3 Å². The molecule has 0 aliphatic heterocycles. The van der Waals surface area contributed by atoms with Gasteiger partial charge in [0.05, 0.1) is 25.4 Å². The number of amides is 1. The predicted molar refractivity (Wildman–Crippen MR) is 77.4 cm³/mol. The van der Waals surface area contributed by atoms with E-state index in [4.69, 9.17) is 4.74 Å². The average Bonchev–Trinajstić information content (AvgIpc) is 3.21. The van der Waals surface area contributed by atoms with Gasteiger partial charge in [0.25, 0.3) is 0 Å². The minimum Gasteiger partial charge on any atom is -0.389 e. The third-order valence-corrected chi connectivity index (χ3v) is 4.14. The molecule has 0 aromatic rings. The first-order chi connectivity index (χ1) is 9.65. The first-order valence-corrected chi connectivity index (χ1v) is 7.95. The quantitative estimate of drug-likeness (QED) is 0.617. The van der Waals surface area contributed by atoms with Gasteiger partial charge < -0.3 is 20.5 Å². The summed E-state index contributed by atoms with van der Waals surface area (Å²) in [5.41, 5.74) is 0. The molecule has 0 aromatic heterocycles. The molecular weight excluding hydrogens is 256 g/mol. The Labute approximate surface area is 121 Å². The molecule has 20 heavy (non-hydrogen) atoms. The van der Waals surface area contributed by atoms with Crippen molar-refractivity contribution in [2.24, 2.45) is 5.92 Å². The third kappa shape index (κ3) is 5.77. The van der Waals surface area contributed by atoms with Crippen LogP contribution in [0.1, 0.15) is 45.4 Å². The van der Waals surface area contributed by atoms with E-state index in [1.54, 1.807) is 0 Å². The van der Waals surface area contributed by atoms with E-state index >= 15 is 0 Å². The Morgan fingerprint density at radius 3 is 2.75 bits per heavy atom. The van der Waals surface area contributed by atoms with Crippen LogP contribution in [0.15, 0.2) is 0 Å². The van der Waals surface area contributed by atoms with Crippen LogP contribution in [-0.2, 0) is 9.53 Å². The second-order valence-corrected chi connectivity index (χ2v) is 6.26. The van der Waals surface area contributed by atoms with Crippen molar-refractivity contribution in [1.82, 2.24) is 10.6 Å². The maximum atomic E-state index is 11.4. The van der Waals surface area contributed by atoms with Gasteiger partial charge in [0.2, 0.25) is 5.91 Å². The van der Waals surface area contributed by atoms with E-state index in [9.17, 15) is 9.90 Å². The molecule has 116 valence electrons. The van der Waals surface area contributed by atoms with Gasteiger partial charge in [-0.25, -0.2) is 0 Å². The molecule has 3 atom stereocenters. The molecule has 3 unspecified atom stereocenters. The summed E-state index contributed by atoms with van der Waals surface area (Å²) in [6.07, 6.45) is 6.79. The van der Waals surface area contributed by atoms with Crippen molar-refractivity contribution in [2.45, 2.75) is 63.7 Å². The molecule has 0 saturated heterocycles. The second-order valence-electron chi connectivity index (χ2n) is 6.26. The van der Waals surface area contributed by atoms with E-state index in [1.807, 2.05) is 0 Å². The van der Waals surface area contributed by atoms with Gasteiger partial charge in [-0.2, -0.15) is 0 Å². The molecule has 2 aliphatic carbocycles. The lowest BCUT2D eigenvalue weighted by atomic mass is 9.88. The van der Waals surface area contributed by atoms with Crippen LogP contribution in [-0.4, -0.2) is 49.0 Å². The molecule has 0 bridgehead atoms. The van der Waals surface area contributed by atoms with Gasteiger partial charge in [-0.3, -0.25) is 4.79 Å². The molecule has 2 saturated carbocycles. The zero-order valence-corrected chi connectivity index (χ0v) is 12.4. The van der Waals surface area contributed by atoms with Gasteiger partial charge in [-0.05, 0) is 31.6 Å². The normalized spacial score (nSPS) is 28.1. The highest BCUT2D eigenvalue weighted by Gasteiger charge is 2.24. The Bertz CT molecular complexity index is 307. The Hall–Kier alpha value is -0.650. The number of carbonyl (C=O) groups excluding carboxylic acids is 1. The maximum absolute atomic E-state index is 11.4. The monoisotopic (exact) mass is 284 g/mol. The Morgan fingerprint density at radius 1 is 1.30 bits per heavy atom. The maximum Gasteiger partial charge on any atom is 0.234 e. The number of hydrogen-bond donors (Lipinski definition) is 3. The lowest BCUT2D eigenvalue weighted by Gasteiger charge is -2.29. The standard InChI is InChI=1S/C15H28N2O3/c1-11-4-2-3-5-14(11)20-10-13(18)8-16-9-15(19)17-12-6-7-12/h11-14,16,18H,2-10H2,1H3,(H,17,19). The van der Waals surface area contributed by atoms with Crippen LogP contribution in [0.2, 0.25) is 0 Å². The molecule has 5 heteroatoms. The van der Waals surface area contributed by atoms with E-state index in [2.05, 4.69) is 17.6 Å². The summed E-state index contributed by atoms with van der Waals surface area (Å²) in [6, 6.07) is 0.394. The van der Waals surface area contributed by atoms with Gasteiger partial charge in [-0.15, -0.1) is 0 Å². The zero-order valence-electron chi connectivity index (χ0n) is 12.4. The summed E-state index contributed by atoms with van der Waals surface area (Å²) < 4.78 is 5.80. The molecule has 3 N–H and O–H groups in total. The number of nitrogens with one attached hydrogen (secondary N) is 2. The van der Waals surface area contributed by atoms with E-state index < -0.39 is 6.10 Å². The summed E-state index contributed by atoms with van der Waals surface area (Å²) in [4.78, 5) is 11.4. The molecule has 0 aromatic carbocycles. The smallest absolute Gasteiger partial charge is 0.234 e. The number of carbonyl (C=O) groups is 1. The highest BCUT2D eigenvalue weighted by molar-refractivity contribution is 5.78. The van der Waals surface area contributed by atoms with Crippen molar-refractivity contribution in [3.63, 3.8) is 0 Å². The molecule has 0 spiro atoms. The highest BCUT2D eigenvalue weighted by atomic mass is 16.5. The fraction of sp³-hybridized carbons (Fsp3) is 0.933. The molecule has 0 radical (unpaired) electrons. The molecule has 5 nitrogen and oxygen atoms in total. The number of hydrogen-bond acceptors (Lipinski definition) is 4. The van der Waals surface area contributed by atoms with Crippen LogP contribution in [0.5, 0.6) is 0 Å². The van der Waals surface area contributed by atoms with Crippen molar-refractivity contribution in [3.05, 3.63) is 0 Å². The zero-order chi connectivity index (χ0) is 14.4. The van der Waals surface area contributed by atoms with Gasteiger partial charge >= 0.3 is 0 Å². The van der Waals surface area contributed by atoms with Crippen molar-refractivity contribution in [3.8, 4) is 0 Å². The molecule has 2 fully saturated rings. The fourth-order valence-corrected chi connectivity index (χ4v) is 2.68. The number of ether oxygens (including phenoxy) is 1. The first kappa shape index (κ1) is 15.7. The Morgan fingerprint density at radius 2 is 2.05 bits per heavy atom. The minimum absolute atomic E-state index is 0.0153. The van der Waals surface area contributed by atoms with Crippen molar-refractivity contribution in [1.29, 1.82) is 0 Å². The number of aliphatic hydroxyl groups is 1. The molecule has 2 aliphatic rings. The molecule has 2 rings (SSSR count). The number of rotatable bonds is 8. The average molecular weight is 284 g/mol. The first-order valence-electron chi connectivity index (χ1n) is 7.95. The predicted octanol–water partition coefficient (Wildman–Crippen LogP) is 0.811. The topological polar surface area (TPSA) is 70.6 Å². The molecule has 0 heterocycles. The summed E-state index contributed by atoms with van der Waals surface area (Å²) >= 11 is 0. The van der Waals surface area contributed by atoms with Crippen molar-refractivity contribution in [2.75, 3.05) is 19.7 Å². The van der Waals surface area contributed by atoms with Gasteiger partial charge in [0.1, 0.15) is 0 Å². The van der Waals surface area contributed by atoms with Gasteiger partial charge in [0.15, 0.2) is 0 Å². The largest absolute Gasteiger partial charge is 0.389 e. The van der Waals surface area contributed by atoms with Crippen LogP contribution in [0.3, 0.4) is 0 Å². The summed E-state index contributed by atoms with van der Waals surface area (Å²) in [5.74, 6) is 0.606. The lowest BCUT2D eigenvalue weighted by Crippen LogP contribution is -2.40. The summed E-state index contributed by atoms with van der Waals surface area (Å²) in [7, 11) is 0. The van der Waals surface area contributed by atoms with Crippen LogP contribution in [0, 0.1) is 5.92 Å². The SMILES string of the molecule is CC1CCCCC1OCC(O)CNCC(=O)NC1CC1. The van der Waals surface area contributed by atoms with Crippen LogP contribution < -0.4 is 10.6 Å². The van der Waals surface area contributed by atoms with Gasteiger partial charge in [0, 0.05) is 12.6 Å². The molecule has 1 amide bonds. The number of aliphatic hydroxyl groups excluding tert-OH is 1. The van der Waals surface area contributed by atoms with Crippen molar-refractivity contribution >= 4 is 5.91 Å². The summed E-state index contributed by atoms with van der Waals surface area (Å²) in [6.45, 7) is 3.25.